The van der Waals surface area contributed by atoms with E-state index in [1.54, 1.807) is 6.07 Å². The number of nitrogens with one attached hydrogen (secondary N) is 2. The third-order valence-corrected chi connectivity index (χ3v) is 7.28. The van der Waals surface area contributed by atoms with Crippen molar-refractivity contribution in [2.45, 2.75) is 64.5 Å². The van der Waals surface area contributed by atoms with Crippen LogP contribution in [-0.2, 0) is 15.7 Å². The fourth-order valence-electron chi connectivity index (χ4n) is 4.87. The number of benzene rings is 1. The average Bonchev–Trinajstić information content (AvgIpc) is 3.40. The Balaban J connectivity index is 1.47. The maximum atomic E-state index is 13.6. The number of hydrogen-bond donors (Lipinski definition) is 2. The molecule has 1 aliphatic heterocycles. The van der Waals surface area contributed by atoms with Gasteiger partial charge in [-0.3, -0.25) is 9.48 Å². The van der Waals surface area contributed by atoms with E-state index in [0.717, 1.165) is 23.2 Å². The second kappa shape index (κ2) is 10.2. The number of alkyl halides is 3. The van der Waals surface area contributed by atoms with Gasteiger partial charge in [0.05, 0.1) is 28.6 Å². The quantitative estimate of drug-likeness (QED) is 0.439. The molecule has 1 saturated heterocycles. The van der Waals surface area contributed by atoms with E-state index < -0.39 is 28.8 Å². The number of amides is 1. The molecule has 1 unspecified atom stereocenters. The van der Waals surface area contributed by atoms with Crippen LogP contribution in [0.15, 0.2) is 18.2 Å². The molecule has 204 valence electrons. The number of rotatable bonds is 7. The minimum Gasteiger partial charge on any atom is -0.372 e. The van der Waals surface area contributed by atoms with Crippen LogP contribution in [0.25, 0.3) is 11.4 Å². The molecule has 2 aromatic heterocycles. The van der Waals surface area contributed by atoms with Crippen molar-refractivity contribution in [3.8, 4) is 11.4 Å². The number of hydrogen-bond acceptors (Lipinski definition) is 7. The third kappa shape index (κ3) is 5.48. The molecule has 1 saturated carbocycles. The van der Waals surface area contributed by atoms with Crippen molar-refractivity contribution >= 4 is 28.9 Å². The van der Waals surface area contributed by atoms with Crippen LogP contribution in [0, 0.1) is 12.8 Å². The Morgan fingerprint density at radius 2 is 1.97 bits per heavy atom. The second-order valence-electron chi connectivity index (χ2n) is 10.0. The highest BCUT2D eigenvalue weighted by Crippen LogP contribution is 2.41. The molecule has 1 amide bonds. The number of aromatic amines is 1. The summed E-state index contributed by atoms with van der Waals surface area (Å²) in [5.74, 6) is -0.00117. The van der Waals surface area contributed by atoms with Crippen molar-refractivity contribution in [2.24, 2.45) is 5.92 Å². The third-order valence-electron chi connectivity index (χ3n) is 6.83. The first-order valence-corrected chi connectivity index (χ1v) is 12.8. The lowest BCUT2D eigenvalue weighted by molar-refractivity contribution is -0.141. The SMILES string of the molecule is Cc1c(Cl)c(C(F)(F)F)nn1[C@@H](CC1CC1)C(=O)Nc1ccc(N2CC(C)O[C@@H](C)C2)cc1-c1nn[nH]n1. The van der Waals surface area contributed by atoms with Gasteiger partial charge in [0.1, 0.15) is 6.04 Å². The number of ether oxygens (including phenoxy) is 1. The summed E-state index contributed by atoms with van der Waals surface area (Å²) in [5, 5.41) is 20.3. The lowest BCUT2D eigenvalue weighted by Crippen LogP contribution is -2.45. The van der Waals surface area contributed by atoms with Crippen molar-refractivity contribution in [1.82, 2.24) is 30.4 Å². The number of aromatic nitrogens is 6. The van der Waals surface area contributed by atoms with Gasteiger partial charge >= 0.3 is 6.18 Å². The van der Waals surface area contributed by atoms with Gasteiger partial charge in [-0.2, -0.15) is 23.5 Å². The van der Waals surface area contributed by atoms with E-state index in [1.165, 1.54) is 6.92 Å². The molecule has 2 N–H and O–H groups in total. The highest BCUT2D eigenvalue weighted by atomic mass is 35.5. The molecular weight excluding hydrogens is 525 g/mol. The summed E-state index contributed by atoms with van der Waals surface area (Å²) in [6, 6.07) is 4.49. The Labute approximate surface area is 221 Å². The van der Waals surface area contributed by atoms with Crippen LogP contribution in [0.2, 0.25) is 5.02 Å². The number of nitrogens with zero attached hydrogens (tertiary/aromatic N) is 6. The van der Waals surface area contributed by atoms with E-state index in [-0.39, 0.29) is 29.6 Å². The molecule has 2 fully saturated rings. The van der Waals surface area contributed by atoms with Gasteiger partial charge in [-0.25, -0.2) is 0 Å². The Kier molecular flexibility index (Phi) is 7.07. The normalized spacial score (nSPS) is 21.0. The number of carbonyl (C=O) groups excluding carboxylic acids is 1. The fraction of sp³-hybridized carbons (Fsp3) is 0.542. The zero-order chi connectivity index (χ0) is 27.2. The van der Waals surface area contributed by atoms with Gasteiger partial charge in [-0.1, -0.05) is 24.4 Å². The Hall–Kier alpha value is -3.19. The van der Waals surface area contributed by atoms with Crippen LogP contribution in [0.1, 0.15) is 50.5 Å². The van der Waals surface area contributed by atoms with Gasteiger partial charge in [-0.15, -0.1) is 10.2 Å². The molecule has 0 radical (unpaired) electrons. The number of H-pyrrole nitrogens is 1. The van der Waals surface area contributed by atoms with Gasteiger partial charge in [-0.05, 0) is 56.5 Å². The first-order valence-electron chi connectivity index (χ1n) is 12.4. The van der Waals surface area contributed by atoms with E-state index >= 15 is 0 Å². The Morgan fingerprint density at radius 3 is 2.55 bits per heavy atom. The number of halogens is 4. The molecule has 1 aromatic carbocycles. The summed E-state index contributed by atoms with van der Waals surface area (Å²) in [4.78, 5) is 15.8. The molecule has 0 bridgehead atoms. The van der Waals surface area contributed by atoms with Gasteiger partial charge in [0.25, 0.3) is 0 Å². The van der Waals surface area contributed by atoms with Crippen LogP contribution in [0.5, 0.6) is 0 Å². The maximum Gasteiger partial charge on any atom is 0.436 e. The molecule has 38 heavy (non-hydrogen) atoms. The van der Waals surface area contributed by atoms with Crippen LogP contribution in [-0.4, -0.2) is 61.6 Å². The van der Waals surface area contributed by atoms with Crippen LogP contribution in [0.4, 0.5) is 24.5 Å². The van der Waals surface area contributed by atoms with Crippen molar-refractivity contribution in [3.63, 3.8) is 0 Å². The minimum absolute atomic E-state index is 0.0423. The largest absolute Gasteiger partial charge is 0.436 e. The Morgan fingerprint density at radius 1 is 1.26 bits per heavy atom. The summed E-state index contributed by atoms with van der Waals surface area (Å²) >= 11 is 5.99. The average molecular weight is 553 g/mol. The van der Waals surface area contributed by atoms with Crippen LogP contribution in [0.3, 0.4) is 0 Å². The minimum atomic E-state index is -4.73. The lowest BCUT2D eigenvalue weighted by Gasteiger charge is -2.37. The Bertz CT molecular complexity index is 1300. The number of tetrazole rings is 1. The van der Waals surface area contributed by atoms with Gasteiger partial charge < -0.3 is 15.0 Å². The summed E-state index contributed by atoms with van der Waals surface area (Å²) in [6.45, 7) is 6.82. The van der Waals surface area contributed by atoms with Crippen LogP contribution >= 0.6 is 11.6 Å². The molecule has 1 aliphatic carbocycles. The highest BCUT2D eigenvalue weighted by molar-refractivity contribution is 6.32. The molecule has 5 rings (SSSR count). The number of anilines is 2. The van der Waals surface area contributed by atoms with Gasteiger partial charge in [0.2, 0.25) is 11.7 Å². The highest BCUT2D eigenvalue weighted by Gasteiger charge is 2.41. The zero-order valence-electron chi connectivity index (χ0n) is 21.1. The van der Waals surface area contributed by atoms with Gasteiger partial charge in [0.15, 0.2) is 5.69 Å². The second-order valence-corrected chi connectivity index (χ2v) is 10.4. The monoisotopic (exact) mass is 552 g/mol. The summed E-state index contributed by atoms with van der Waals surface area (Å²) in [7, 11) is 0. The van der Waals surface area contributed by atoms with Gasteiger partial charge in [0, 0.05) is 24.3 Å². The fourth-order valence-corrected chi connectivity index (χ4v) is 5.11. The molecule has 2 aliphatic rings. The molecule has 14 heteroatoms. The molecule has 10 nitrogen and oxygen atoms in total. The first-order chi connectivity index (χ1) is 18.0. The maximum absolute atomic E-state index is 13.6. The van der Waals surface area contributed by atoms with Crippen molar-refractivity contribution in [3.05, 3.63) is 34.6 Å². The molecular formula is C24H28ClF3N8O2. The first kappa shape index (κ1) is 26.4. The predicted octanol–water partition coefficient (Wildman–Crippen LogP) is 4.64. The van der Waals surface area contributed by atoms with E-state index in [9.17, 15) is 18.0 Å². The van der Waals surface area contributed by atoms with Crippen LogP contribution < -0.4 is 10.2 Å². The van der Waals surface area contributed by atoms with E-state index in [1.807, 2.05) is 26.0 Å². The number of morpholine rings is 1. The molecule has 3 heterocycles. The van der Waals surface area contributed by atoms with E-state index in [2.05, 4.69) is 35.9 Å². The lowest BCUT2D eigenvalue weighted by atomic mass is 10.1. The predicted molar refractivity (Wildman–Crippen MR) is 134 cm³/mol. The molecule has 3 atom stereocenters. The van der Waals surface area contributed by atoms with Crippen molar-refractivity contribution < 1.29 is 22.7 Å². The summed E-state index contributed by atoms with van der Waals surface area (Å²) in [6.07, 6.45) is -2.49. The summed E-state index contributed by atoms with van der Waals surface area (Å²) < 4.78 is 47.4. The number of carbonyl (C=O) groups is 1. The van der Waals surface area contributed by atoms with Crippen molar-refractivity contribution in [1.29, 1.82) is 0 Å². The van der Waals surface area contributed by atoms with E-state index in [0.29, 0.717) is 30.8 Å². The van der Waals surface area contributed by atoms with E-state index in [4.69, 9.17) is 16.3 Å². The van der Waals surface area contributed by atoms with Crippen molar-refractivity contribution in [2.75, 3.05) is 23.3 Å². The standard InChI is InChI=1S/C24H28ClF3N8O2/c1-12-10-35(11-13(2)38-12)16-6-7-18(17(9-16)22-30-33-34-31-22)29-23(37)19(8-15-4-5-15)36-14(3)20(25)21(32-36)24(26,27)28/h6-7,9,12-13,15,19H,4-5,8,10-11H2,1-3H3,(H,29,37)(H,30,31,33,34)/t12-,13?,19-/m0/s1. The molecule has 3 aromatic rings. The smallest absolute Gasteiger partial charge is 0.372 e. The topological polar surface area (TPSA) is 114 Å². The summed E-state index contributed by atoms with van der Waals surface area (Å²) in [5.41, 5.74) is 0.707. The zero-order valence-corrected chi connectivity index (χ0v) is 21.8. The molecule has 0 spiro atoms.